The molecule has 72 valence electrons. The Bertz CT molecular complexity index is 227. The molecule has 3 fully saturated rings. The predicted octanol–water partition coefficient (Wildman–Crippen LogP) is 0.993. The molecule has 0 radical (unpaired) electrons. The lowest BCUT2D eigenvalue weighted by Crippen LogP contribution is -2.61. The topological polar surface area (TPSA) is 27.7 Å². The summed E-state index contributed by atoms with van der Waals surface area (Å²) >= 11 is 0. The Hall–Kier alpha value is -0.560. The van der Waals surface area contributed by atoms with Crippen LogP contribution in [0.1, 0.15) is 13.8 Å². The van der Waals surface area contributed by atoms with Gasteiger partial charge in [-0.2, -0.15) is 0 Å². The smallest absolute Gasteiger partial charge is 0.316 e. The summed E-state index contributed by atoms with van der Waals surface area (Å²) in [5.74, 6) is 1.69. The minimum Gasteiger partial charge on any atom is -0.316 e. The second-order valence-corrected chi connectivity index (χ2v) is 4.08. The van der Waals surface area contributed by atoms with Crippen LogP contribution in [-0.2, 0) is 14.2 Å². The SMILES string of the molecule is C#CC12OCC(C(C)C)(CO1)CO2. The second-order valence-electron chi connectivity index (χ2n) is 4.08. The van der Waals surface area contributed by atoms with Gasteiger partial charge in [0.1, 0.15) is 0 Å². The van der Waals surface area contributed by atoms with E-state index >= 15 is 0 Å². The lowest BCUT2D eigenvalue weighted by molar-refractivity contribution is -0.444. The van der Waals surface area contributed by atoms with E-state index in [0.29, 0.717) is 25.7 Å². The Morgan fingerprint density at radius 2 is 1.62 bits per heavy atom. The molecule has 0 saturated carbocycles. The normalized spacial score (nSPS) is 43.5. The van der Waals surface area contributed by atoms with Gasteiger partial charge in [-0.05, 0) is 11.8 Å². The standard InChI is InChI=1S/C10H14O3/c1-4-10-11-5-9(6-12-10,7-13-10)8(2)3/h1,8H,5-7H2,2-3H3. The van der Waals surface area contributed by atoms with Crippen molar-refractivity contribution in [1.82, 2.24) is 0 Å². The summed E-state index contributed by atoms with van der Waals surface area (Å²) < 4.78 is 16.2. The Kier molecular flexibility index (Phi) is 1.88. The molecular formula is C10H14O3. The fraction of sp³-hybridized carbons (Fsp3) is 0.800. The fourth-order valence-corrected chi connectivity index (χ4v) is 1.59. The lowest BCUT2D eigenvalue weighted by Gasteiger charge is -2.51. The van der Waals surface area contributed by atoms with Crippen LogP contribution in [0.25, 0.3) is 0 Å². The quantitative estimate of drug-likeness (QED) is 0.566. The van der Waals surface area contributed by atoms with Crippen molar-refractivity contribution in [2.45, 2.75) is 19.8 Å². The zero-order valence-electron chi connectivity index (χ0n) is 8.00. The highest BCUT2D eigenvalue weighted by molar-refractivity contribution is 5.03. The number of rotatable bonds is 1. The molecule has 3 aliphatic rings. The van der Waals surface area contributed by atoms with Crippen molar-refractivity contribution in [3.63, 3.8) is 0 Å². The zero-order chi connectivity index (χ0) is 9.53. The average Bonchev–Trinajstić information content (AvgIpc) is 2.20. The van der Waals surface area contributed by atoms with E-state index in [0.717, 1.165) is 0 Å². The number of fused-ring (bicyclic) bond motifs is 3. The van der Waals surface area contributed by atoms with Gasteiger partial charge in [0.05, 0.1) is 19.8 Å². The maximum atomic E-state index is 5.40. The molecule has 3 rings (SSSR count). The molecule has 3 aliphatic heterocycles. The van der Waals surface area contributed by atoms with Crippen molar-refractivity contribution >= 4 is 0 Å². The van der Waals surface area contributed by atoms with Gasteiger partial charge >= 0.3 is 5.97 Å². The highest BCUT2D eigenvalue weighted by atomic mass is 16.9. The van der Waals surface area contributed by atoms with Gasteiger partial charge < -0.3 is 14.2 Å². The Morgan fingerprint density at radius 1 is 1.15 bits per heavy atom. The van der Waals surface area contributed by atoms with Crippen molar-refractivity contribution < 1.29 is 14.2 Å². The van der Waals surface area contributed by atoms with Gasteiger partial charge in [-0.1, -0.05) is 13.8 Å². The van der Waals surface area contributed by atoms with Crippen LogP contribution in [0.4, 0.5) is 0 Å². The van der Waals surface area contributed by atoms with Crippen LogP contribution < -0.4 is 0 Å². The summed E-state index contributed by atoms with van der Waals surface area (Å²) in [6.45, 7) is 6.19. The molecule has 3 heterocycles. The van der Waals surface area contributed by atoms with Gasteiger partial charge in [-0.3, -0.25) is 0 Å². The van der Waals surface area contributed by atoms with E-state index in [2.05, 4.69) is 19.8 Å². The minimum atomic E-state index is -1.18. The third-order valence-electron chi connectivity index (χ3n) is 3.05. The summed E-state index contributed by atoms with van der Waals surface area (Å²) in [6.07, 6.45) is 5.27. The first-order valence-electron chi connectivity index (χ1n) is 4.52. The first-order chi connectivity index (χ1) is 6.13. The number of terminal acetylenes is 1. The van der Waals surface area contributed by atoms with Crippen molar-refractivity contribution in [2.75, 3.05) is 19.8 Å². The van der Waals surface area contributed by atoms with E-state index in [-0.39, 0.29) is 5.41 Å². The zero-order valence-corrected chi connectivity index (χ0v) is 8.00. The van der Waals surface area contributed by atoms with E-state index < -0.39 is 5.97 Å². The first kappa shape index (κ1) is 9.01. The molecule has 0 aromatic heterocycles. The molecule has 3 saturated heterocycles. The van der Waals surface area contributed by atoms with E-state index in [1.54, 1.807) is 0 Å². The minimum absolute atomic E-state index is 0.00139. The molecule has 0 amide bonds. The number of hydrogen-bond acceptors (Lipinski definition) is 3. The fourth-order valence-electron chi connectivity index (χ4n) is 1.59. The third-order valence-corrected chi connectivity index (χ3v) is 3.05. The lowest BCUT2D eigenvalue weighted by atomic mass is 9.78. The summed E-state index contributed by atoms with van der Waals surface area (Å²) in [5, 5.41) is 0. The summed E-state index contributed by atoms with van der Waals surface area (Å²) in [7, 11) is 0. The van der Waals surface area contributed by atoms with Gasteiger partial charge in [0.25, 0.3) is 0 Å². The highest BCUT2D eigenvalue weighted by Gasteiger charge is 2.53. The van der Waals surface area contributed by atoms with E-state index in [4.69, 9.17) is 20.6 Å². The number of ether oxygens (including phenoxy) is 3. The summed E-state index contributed by atoms with van der Waals surface area (Å²) in [5.41, 5.74) is -0.00139. The van der Waals surface area contributed by atoms with Crippen LogP contribution in [0.2, 0.25) is 0 Å². The van der Waals surface area contributed by atoms with Gasteiger partial charge in [0.15, 0.2) is 0 Å². The summed E-state index contributed by atoms with van der Waals surface area (Å²) in [4.78, 5) is 0. The molecule has 0 aromatic rings. The van der Waals surface area contributed by atoms with Crippen molar-refractivity contribution in [3.05, 3.63) is 0 Å². The average molecular weight is 182 g/mol. The van der Waals surface area contributed by atoms with Crippen LogP contribution >= 0.6 is 0 Å². The molecule has 0 N–H and O–H groups in total. The van der Waals surface area contributed by atoms with E-state index in [1.165, 1.54) is 0 Å². The molecule has 3 heteroatoms. The highest BCUT2D eigenvalue weighted by Crippen LogP contribution is 2.42. The molecule has 3 nitrogen and oxygen atoms in total. The third kappa shape index (κ3) is 1.18. The molecule has 0 unspecified atom stereocenters. The van der Waals surface area contributed by atoms with Crippen molar-refractivity contribution in [3.8, 4) is 12.3 Å². The predicted molar refractivity (Wildman–Crippen MR) is 46.7 cm³/mol. The van der Waals surface area contributed by atoms with Crippen LogP contribution in [-0.4, -0.2) is 25.8 Å². The maximum absolute atomic E-state index is 5.40. The maximum Gasteiger partial charge on any atom is 0.353 e. The van der Waals surface area contributed by atoms with Crippen molar-refractivity contribution in [1.29, 1.82) is 0 Å². The van der Waals surface area contributed by atoms with Crippen molar-refractivity contribution in [2.24, 2.45) is 11.3 Å². The summed E-state index contributed by atoms with van der Waals surface area (Å²) in [6, 6.07) is 0. The molecule has 2 bridgehead atoms. The molecular weight excluding hydrogens is 168 g/mol. The molecule has 0 spiro atoms. The Morgan fingerprint density at radius 3 is 1.92 bits per heavy atom. The largest absolute Gasteiger partial charge is 0.353 e. The van der Waals surface area contributed by atoms with Gasteiger partial charge in [-0.25, -0.2) is 0 Å². The van der Waals surface area contributed by atoms with Crippen LogP contribution in [0.5, 0.6) is 0 Å². The Labute approximate surface area is 78.4 Å². The molecule has 0 atom stereocenters. The van der Waals surface area contributed by atoms with Crippen LogP contribution in [0.3, 0.4) is 0 Å². The van der Waals surface area contributed by atoms with Gasteiger partial charge in [0, 0.05) is 5.41 Å². The Balaban J connectivity index is 2.17. The molecule has 0 aliphatic carbocycles. The monoisotopic (exact) mass is 182 g/mol. The molecule has 13 heavy (non-hydrogen) atoms. The molecule has 0 aromatic carbocycles. The van der Waals surface area contributed by atoms with Gasteiger partial charge in [0.2, 0.25) is 0 Å². The van der Waals surface area contributed by atoms with E-state index in [9.17, 15) is 0 Å². The van der Waals surface area contributed by atoms with Gasteiger partial charge in [-0.15, -0.1) is 6.42 Å². The van der Waals surface area contributed by atoms with Crippen LogP contribution in [0, 0.1) is 23.7 Å². The van der Waals surface area contributed by atoms with Crippen LogP contribution in [0.15, 0.2) is 0 Å². The first-order valence-corrected chi connectivity index (χ1v) is 4.52. The van der Waals surface area contributed by atoms with E-state index in [1.807, 2.05) is 0 Å². The second kappa shape index (κ2) is 2.71. The number of hydrogen-bond donors (Lipinski definition) is 0.